The molecule has 0 N–H and O–H groups in total. The number of hydrogen-bond acceptors (Lipinski definition) is 4. The highest BCUT2D eigenvalue weighted by Crippen LogP contribution is 2.38. The summed E-state index contributed by atoms with van der Waals surface area (Å²) in [7, 11) is -2.21. The van der Waals surface area contributed by atoms with Gasteiger partial charge in [0.15, 0.2) is 0 Å². The van der Waals surface area contributed by atoms with Crippen molar-refractivity contribution in [1.82, 2.24) is 18.7 Å². The van der Waals surface area contributed by atoms with E-state index in [1.165, 1.54) is 27.2 Å². The largest absolute Gasteiger partial charge is 0.345 e. The number of hydrogen-bond donors (Lipinski definition) is 0. The van der Waals surface area contributed by atoms with E-state index >= 15 is 0 Å². The molecule has 0 atom stereocenters. The first-order chi connectivity index (χ1) is 12.4. The minimum absolute atomic E-state index is 0.0385. The van der Waals surface area contributed by atoms with E-state index in [0.29, 0.717) is 12.8 Å². The molecule has 26 heavy (non-hydrogen) atoms. The van der Waals surface area contributed by atoms with Crippen LogP contribution in [0.15, 0.2) is 34.0 Å². The van der Waals surface area contributed by atoms with Gasteiger partial charge in [0, 0.05) is 32.1 Å². The van der Waals surface area contributed by atoms with E-state index in [2.05, 4.69) is 5.10 Å². The Labute approximate surface area is 151 Å². The van der Waals surface area contributed by atoms with Crippen molar-refractivity contribution in [2.24, 2.45) is 7.05 Å². The predicted molar refractivity (Wildman–Crippen MR) is 92.9 cm³/mol. The molecule has 0 bridgehead atoms. The molecule has 1 saturated carbocycles. The first kappa shape index (κ1) is 17.4. The minimum Gasteiger partial charge on any atom is -0.276 e. The zero-order chi connectivity index (χ0) is 18.5. The lowest BCUT2D eigenvalue weighted by molar-refractivity contribution is 0.307. The van der Waals surface area contributed by atoms with Gasteiger partial charge in [-0.15, -0.1) is 0 Å². The normalized spacial score (nSPS) is 19.8. The number of rotatable bonds is 4. The lowest BCUT2D eigenvalue weighted by Crippen LogP contribution is -2.39. The fourth-order valence-electron chi connectivity index (χ4n) is 3.60. The maximum atomic E-state index is 13.9. The molecule has 0 spiro atoms. The summed E-state index contributed by atoms with van der Waals surface area (Å²) in [6, 6.07) is 5.66. The molecule has 0 unspecified atom stereocenters. The first-order valence-electron chi connectivity index (χ1n) is 8.79. The van der Waals surface area contributed by atoms with Crippen LogP contribution in [0.4, 0.5) is 4.39 Å². The standard InChI is InChI=1S/C17H21FN4O3S/c1-20-17(23)22(13-6-7-13)16(19-20)12-8-10-21(11-9-12)26(24,25)15-5-3-2-4-14(15)18/h2-5,12-13H,6-11H2,1H3. The third-order valence-electron chi connectivity index (χ3n) is 5.17. The van der Waals surface area contributed by atoms with Gasteiger partial charge in [-0.25, -0.2) is 22.3 Å². The van der Waals surface area contributed by atoms with Gasteiger partial charge in [0.25, 0.3) is 0 Å². The van der Waals surface area contributed by atoms with Crippen molar-refractivity contribution >= 4 is 10.0 Å². The zero-order valence-corrected chi connectivity index (χ0v) is 15.3. The summed E-state index contributed by atoms with van der Waals surface area (Å²) in [4.78, 5) is 12.0. The molecule has 0 radical (unpaired) electrons. The second-order valence-electron chi connectivity index (χ2n) is 6.97. The predicted octanol–water partition coefficient (Wildman–Crippen LogP) is 1.62. The van der Waals surface area contributed by atoms with Gasteiger partial charge in [-0.1, -0.05) is 12.1 Å². The summed E-state index contributed by atoms with van der Waals surface area (Å²) in [6.45, 7) is 0.577. The van der Waals surface area contributed by atoms with Gasteiger partial charge >= 0.3 is 5.69 Å². The Morgan fingerprint density at radius 3 is 2.38 bits per heavy atom. The monoisotopic (exact) mass is 380 g/mol. The third-order valence-corrected chi connectivity index (χ3v) is 7.10. The van der Waals surface area contributed by atoms with Gasteiger partial charge in [0.05, 0.1) is 0 Å². The van der Waals surface area contributed by atoms with E-state index in [-0.39, 0.29) is 35.6 Å². The molecule has 9 heteroatoms. The fraction of sp³-hybridized carbons (Fsp3) is 0.529. The van der Waals surface area contributed by atoms with E-state index in [0.717, 1.165) is 24.7 Å². The smallest absolute Gasteiger partial charge is 0.276 e. The van der Waals surface area contributed by atoms with Gasteiger partial charge in [-0.2, -0.15) is 9.40 Å². The topological polar surface area (TPSA) is 77.2 Å². The number of piperidine rings is 1. The number of benzene rings is 1. The molecule has 1 saturated heterocycles. The average Bonchev–Trinajstić information content (AvgIpc) is 3.41. The van der Waals surface area contributed by atoms with E-state index in [1.807, 2.05) is 0 Å². The molecule has 1 aromatic carbocycles. The van der Waals surface area contributed by atoms with E-state index in [1.54, 1.807) is 11.6 Å². The summed E-state index contributed by atoms with van der Waals surface area (Å²) in [6.07, 6.45) is 3.10. The van der Waals surface area contributed by atoms with Crippen molar-refractivity contribution in [3.63, 3.8) is 0 Å². The van der Waals surface area contributed by atoms with Crippen LogP contribution >= 0.6 is 0 Å². The van der Waals surface area contributed by atoms with Crippen molar-refractivity contribution < 1.29 is 12.8 Å². The molecule has 140 valence electrons. The van der Waals surface area contributed by atoms with Crippen molar-refractivity contribution in [3.05, 3.63) is 46.4 Å². The SMILES string of the molecule is Cn1nc(C2CCN(S(=O)(=O)c3ccccc3F)CC2)n(C2CC2)c1=O. The highest BCUT2D eigenvalue weighted by molar-refractivity contribution is 7.89. The zero-order valence-electron chi connectivity index (χ0n) is 14.5. The molecule has 2 aromatic rings. The van der Waals surface area contributed by atoms with Crippen LogP contribution in [0, 0.1) is 5.82 Å². The minimum atomic E-state index is -3.85. The Morgan fingerprint density at radius 1 is 1.12 bits per heavy atom. The van der Waals surface area contributed by atoms with Crippen LogP contribution < -0.4 is 5.69 Å². The Morgan fingerprint density at radius 2 is 1.77 bits per heavy atom. The van der Waals surface area contributed by atoms with Crippen LogP contribution in [0.2, 0.25) is 0 Å². The Kier molecular flexibility index (Phi) is 4.23. The van der Waals surface area contributed by atoms with Gasteiger partial charge < -0.3 is 0 Å². The third kappa shape index (κ3) is 2.88. The molecule has 2 aliphatic rings. The summed E-state index contributed by atoms with van der Waals surface area (Å²) in [5, 5.41) is 4.39. The lowest BCUT2D eigenvalue weighted by atomic mass is 9.97. The summed E-state index contributed by atoms with van der Waals surface area (Å²) >= 11 is 0. The van der Waals surface area contributed by atoms with Crippen molar-refractivity contribution in [2.75, 3.05) is 13.1 Å². The summed E-state index contributed by atoms with van der Waals surface area (Å²) < 4.78 is 43.8. The van der Waals surface area contributed by atoms with Crippen molar-refractivity contribution in [3.8, 4) is 0 Å². The van der Waals surface area contributed by atoms with Gasteiger partial charge in [0.1, 0.15) is 16.5 Å². The maximum Gasteiger partial charge on any atom is 0.345 e. The van der Waals surface area contributed by atoms with Crippen LogP contribution in [0.1, 0.15) is 43.5 Å². The molecular formula is C17H21FN4O3S. The fourth-order valence-corrected chi connectivity index (χ4v) is 5.13. The molecule has 1 aliphatic carbocycles. The Balaban J connectivity index is 1.54. The average molecular weight is 380 g/mol. The Hall–Kier alpha value is -2.00. The second-order valence-corrected chi connectivity index (χ2v) is 8.88. The summed E-state index contributed by atoms with van der Waals surface area (Å²) in [5.41, 5.74) is -0.107. The number of nitrogens with zero attached hydrogens (tertiary/aromatic N) is 4. The number of aryl methyl sites for hydroxylation is 1. The van der Waals surface area contributed by atoms with E-state index in [4.69, 9.17) is 0 Å². The van der Waals surface area contributed by atoms with E-state index in [9.17, 15) is 17.6 Å². The summed E-state index contributed by atoms with van der Waals surface area (Å²) in [5.74, 6) is 0.0569. The van der Waals surface area contributed by atoms with Crippen LogP contribution in [-0.4, -0.2) is 40.2 Å². The second kappa shape index (κ2) is 6.31. The number of sulfonamides is 1. The molecule has 0 amide bonds. The van der Waals surface area contributed by atoms with Crippen LogP contribution in [0.5, 0.6) is 0 Å². The van der Waals surface area contributed by atoms with Crippen LogP contribution in [0.25, 0.3) is 0 Å². The molecule has 1 aliphatic heterocycles. The molecule has 1 aromatic heterocycles. The highest BCUT2D eigenvalue weighted by atomic mass is 32.2. The van der Waals surface area contributed by atoms with Crippen molar-refractivity contribution in [2.45, 2.75) is 42.5 Å². The number of halogens is 1. The van der Waals surface area contributed by atoms with Crippen LogP contribution in [0.3, 0.4) is 0 Å². The van der Waals surface area contributed by atoms with Gasteiger partial charge in [0.2, 0.25) is 10.0 Å². The first-order valence-corrected chi connectivity index (χ1v) is 10.2. The van der Waals surface area contributed by atoms with Crippen molar-refractivity contribution in [1.29, 1.82) is 0 Å². The Bertz CT molecular complexity index is 986. The van der Waals surface area contributed by atoms with Gasteiger partial charge in [-0.3, -0.25) is 4.57 Å². The molecule has 2 heterocycles. The molecule has 2 fully saturated rings. The molecule has 4 rings (SSSR count). The molecule has 7 nitrogen and oxygen atoms in total. The number of aromatic nitrogens is 3. The van der Waals surface area contributed by atoms with E-state index < -0.39 is 15.8 Å². The highest BCUT2D eigenvalue weighted by Gasteiger charge is 2.36. The quantitative estimate of drug-likeness (QED) is 0.808. The van der Waals surface area contributed by atoms with Gasteiger partial charge in [-0.05, 0) is 37.8 Å². The maximum absolute atomic E-state index is 13.9. The molecular weight excluding hydrogens is 359 g/mol. The lowest BCUT2D eigenvalue weighted by Gasteiger charge is -2.30. The van der Waals surface area contributed by atoms with Crippen LogP contribution in [-0.2, 0) is 17.1 Å².